The molecule has 174 valence electrons. The molecule has 1 aromatic heterocycles. The smallest absolute Gasteiger partial charge is 0.223 e. The number of fused-ring (bicyclic) bond motifs is 1. The number of aromatic nitrogens is 1. The summed E-state index contributed by atoms with van der Waals surface area (Å²) in [4.78, 5) is 21.3. The molecule has 1 aliphatic rings. The molecular weight excluding hydrogens is 422 g/mol. The normalized spacial score (nSPS) is 14.9. The van der Waals surface area contributed by atoms with Gasteiger partial charge >= 0.3 is 0 Å². The van der Waals surface area contributed by atoms with Crippen LogP contribution in [0.4, 0.5) is 5.69 Å². The van der Waals surface area contributed by atoms with E-state index in [-0.39, 0.29) is 11.8 Å². The van der Waals surface area contributed by atoms with Gasteiger partial charge in [0.1, 0.15) is 5.75 Å². The highest BCUT2D eigenvalue weighted by Gasteiger charge is 2.27. The van der Waals surface area contributed by atoms with Crippen molar-refractivity contribution in [3.63, 3.8) is 0 Å². The number of anilines is 1. The fraction of sp³-hybridized carbons (Fsp3) is 0.276. The number of carbonyl (C=O) groups is 1. The van der Waals surface area contributed by atoms with E-state index in [1.807, 2.05) is 29.2 Å². The Morgan fingerprint density at radius 3 is 2.53 bits per heavy atom. The first-order chi connectivity index (χ1) is 16.6. The van der Waals surface area contributed by atoms with Crippen LogP contribution in [-0.2, 0) is 4.79 Å². The molecule has 1 saturated heterocycles. The monoisotopic (exact) mass is 453 g/mol. The Kier molecular flexibility index (Phi) is 6.26. The molecule has 1 unspecified atom stereocenters. The lowest BCUT2D eigenvalue weighted by molar-refractivity contribution is -0.131. The first-order valence-electron chi connectivity index (χ1n) is 11.9. The summed E-state index contributed by atoms with van der Waals surface area (Å²) in [6, 6.07) is 25.0. The quantitative estimate of drug-likeness (QED) is 0.428. The van der Waals surface area contributed by atoms with E-state index in [1.165, 1.54) is 22.1 Å². The van der Waals surface area contributed by atoms with Gasteiger partial charge in [-0.1, -0.05) is 60.2 Å². The molecule has 4 aromatic rings. The number of hydrogen-bond donors (Lipinski definition) is 1. The van der Waals surface area contributed by atoms with Crippen molar-refractivity contribution >= 4 is 22.5 Å². The van der Waals surface area contributed by atoms with Gasteiger partial charge in [-0.05, 0) is 36.2 Å². The minimum atomic E-state index is 0.01000. The topological polar surface area (TPSA) is 48.6 Å². The zero-order chi connectivity index (χ0) is 23.5. The number of aromatic amines is 1. The van der Waals surface area contributed by atoms with Crippen LogP contribution in [0.1, 0.15) is 29.0 Å². The van der Waals surface area contributed by atoms with E-state index in [4.69, 9.17) is 4.74 Å². The lowest BCUT2D eigenvalue weighted by Crippen LogP contribution is -2.49. The number of rotatable bonds is 6. The maximum atomic E-state index is 13.5. The summed E-state index contributed by atoms with van der Waals surface area (Å²) in [5.74, 6) is 1.09. The number of aryl methyl sites for hydroxylation is 1. The van der Waals surface area contributed by atoms with Crippen LogP contribution in [0.15, 0.2) is 79.0 Å². The number of nitrogens with one attached hydrogen (secondary N) is 1. The van der Waals surface area contributed by atoms with Gasteiger partial charge < -0.3 is 19.5 Å². The van der Waals surface area contributed by atoms with Crippen molar-refractivity contribution in [2.75, 3.05) is 38.2 Å². The number of carbonyl (C=O) groups excluding carboxylic acids is 1. The Balaban J connectivity index is 1.35. The molecule has 5 rings (SSSR count). The number of nitrogens with zero attached hydrogens (tertiary/aromatic N) is 2. The van der Waals surface area contributed by atoms with Crippen molar-refractivity contribution in [1.29, 1.82) is 0 Å². The average Bonchev–Trinajstić information content (AvgIpc) is 3.31. The molecule has 0 saturated carbocycles. The molecule has 0 radical (unpaired) electrons. The molecule has 1 atom stereocenters. The number of ether oxygens (including phenoxy) is 1. The molecule has 0 spiro atoms. The van der Waals surface area contributed by atoms with E-state index in [0.29, 0.717) is 19.5 Å². The number of amides is 1. The van der Waals surface area contributed by atoms with Crippen molar-refractivity contribution in [1.82, 2.24) is 9.88 Å². The molecule has 3 aromatic carbocycles. The first-order valence-corrected chi connectivity index (χ1v) is 11.9. The first kappa shape index (κ1) is 22.1. The fourth-order valence-corrected chi connectivity index (χ4v) is 5.07. The van der Waals surface area contributed by atoms with Crippen LogP contribution in [0.2, 0.25) is 0 Å². The van der Waals surface area contributed by atoms with Crippen LogP contribution in [-0.4, -0.2) is 49.1 Å². The lowest BCUT2D eigenvalue weighted by atomic mass is 9.87. The Morgan fingerprint density at radius 2 is 1.74 bits per heavy atom. The van der Waals surface area contributed by atoms with Crippen LogP contribution in [0.5, 0.6) is 5.75 Å². The lowest BCUT2D eigenvalue weighted by Gasteiger charge is -2.37. The minimum absolute atomic E-state index is 0.01000. The third-order valence-electron chi connectivity index (χ3n) is 6.88. The number of benzene rings is 3. The van der Waals surface area contributed by atoms with Gasteiger partial charge in [-0.25, -0.2) is 0 Å². The summed E-state index contributed by atoms with van der Waals surface area (Å²) < 4.78 is 5.54. The summed E-state index contributed by atoms with van der Waals surface area (Å²) >= 11 is 0. The second kappa shape index (κ2) is 9.64. The molecule has 1 aliphatic heterocycles. The number of piperazine rings is 1. The summed E-state index contributed by atoms with van der Waals surface area (Å²) in [7, 11) is 1.70. The highest BCUT2D eigenvalue weighted by molar-refractivity contribution is 5.86. The van der Waals surface area contributed by atoms with Gasteiger partial charge in [-0.15, -0.1) is 0 Å². The van der Waals surface area contributed by atoms with Gasteiger partial charge in [0.25, 0.3) is 0 Å². The number of hydrogen-bond acceptors (Lipinski definition) is 3. The van der Waals surface area contributed by atoms with Crippen molar-refractivity contribution < 1.29 is 9.53 Å². The molecule has 34 heavy (non-hydrogen) atoms. The van der Waals surface area contributed by atoms with Crippen LogP contribution in [0, 0.1) is 6.92 Å². The van der Waals surface area contributed by atoms with Crippen molar-refractivity contribution in [3.8, 4) is 5.75 Å². The van der Waals surface area contributed by atoms with E-state index in [2.05, 4.69) is 71.5 Å². The van der Waals surface area contributed by atoms with Gasteiger partial charge in [0.05, 0.1) is 12.8 Å². The molecular formula is C29H31N3O2. The van der Waals surface area contributed by atoms with E-state index in [0.717, 1.165) is 30.0 Å². The molecule has 1 fully saturated rings. The average molecular weight is 454 g/mol. The van der Waals surface area contributed by atoms with E-state index in [1.54, 1.807) is 7.11 Å². The standard InChI is InChI=1S/C29H31N3O2/c1-21-8-7-9-22(18-21)24(25-20-30-26-11-4-3-10-23(25)26)19-29(33)32-16-14-31(15-17-32)27-12-5-6-13-28(27)34-2/h3-13,18,20,24,30H,14-17,19H2,1-2H3. The van der Waals surface area contributed by atoms with Crippen molar-refractivity contribution in [3.05, 3.63) is 95.7 Å². The largest absolute Gasteiger partial charge is 0.495 e. The zero-order valence-corrected chi connectivity index (χ0v) is 19.8. The summed E-state index contributed by atoms with van der Waals surface area (Å²) in [6.45, 7) is 5.13. The molecule has 1 N–H and O–H groups in total. The molecule has 0 aliphatic carbocycles. The van der Waals surface area contributed by atoms with Gasteiger partial charge in [0.2, 0.25) is 5.91 Å². The SMILES string of the molecule is COc1ccccc1N1CCN(C(=O)CC(c2cccc(C)c2)c2c[nH]c3ccccc23)CC1. The zero-order valence-electron chi connectivity index (χ0n) is 19.8. The van der Waals surface area contributed by atoms with E-state index >= 15 is 0 Å². The highest BCUT2D eigenvalue weighted by atomic mass is 16.5. The maximum absolute atomic E-state index is 13.5. The molecule has 1 amide bonds. The molecule has 5 heteroatoms. The number of para-hydroxylation sites is 3. The van der Waals surface area contributed by atoms with Crippen LogP contribution in [0.3, 0.4) is 0 Å². The third-order valence-corrected chi connectivity index (χ3v) is 6.88. The predicted octanol–water partition coefficient (Wildman–Crippen LogP) is 5.36. The Hall–Kier alpha value is -3.73. The summed E-state index contributed by atoms with van der Waals surface area (Å²) in [5, 5.41) is 1.18. The maximum Gasteiger partial charge on any atom is 0.223 e. The molecule has 2 heterocycles. The van der Waals surface area contributed by atoms with Gasteiger partial charge in [-0.2, -0.15) is 0 Å². The minimum Gasteiger partial charge on any atom is -0.495 e. The number of methoxy groups -OCH3 is 1. The van der Waals surface area contributed by atoms with Crippen molar-refractivity contribution in [2.24, 2.45) is 0 Å². The van der Waals surface area contributed by atoms with Crippen LogP contribution >= 0.6 is 0 Å². The van der Waals surface area contributed by atoms with E-state index in [9.17, 15) is 4.79 Å². The van der Waals surface area contributed by atoms with Crippen LogP contribution in [0.25, 0.3) is 10.9 Å². The molecule has 0 bridgehead atoms. The van der Waals surface area contributed by atoms with Crippen molar-refractivity contribution in [2.45, 2.75) is 19.3 Å². The third kappa shape index (κ3) is 4.38. The second-order valence-corrected chi connectivity index (χ2v) is 9.00. The Morgan fingerprint density at radius 1 is 0.971 bits per heavy atom. The Labute approximate surface area is 201 Å². The highest BCUT2D eigenvalue weighted by Crippen LogP contribution is 2.35. The molecule has 5 nitrogen and oxygen atoms in total. The van der Waals surface area contributed by atoms with E-state index < -0.39 is 0 Å². The number of H-pyrrole nitrogens is 1. The van der Waals surface area contributed by atoms with Gasteiger partial charge in [-0.3, -0.25) is 4.79 Å². The summed E-state index contributed by atoms with van der Waals surface area (Å²) in [5.41, 5.74) is 5.77. The van der Waals surface area contributed by atoms with Crippen LogP contribution < -0.4 is 9.64 Å². The van der Waals surface area contributed by atoms with Gasteiger partial charge in [0, 0.05) is 55.6 Å². The fourth-order valence-electron chi connectivity index (χ4n) is 5.07. The predicted molar refractivity (Wildman–Crippen MR) is 138 cm³/mol. The Bertz CT molecular complexity index is 1290. The summed E-state index contributed by atoms with van der Waals surface area (Å²) in [6.07, 6.45) is 2.53. The van der Waals surface area contributed by atoms with Gasteiger partial charge in [0.15, 0.2) is 0 Å². The second-order valence-electron chi connectivity index (χ2n) is 9.00.